The molecule has 16 heavy (non-hydrogen) atoms. The fourth-order valence-corrected chi connectivity index (χ4v) is 1.98. The summed E-state index contributed by atoms with van der Waals surface area (Å²) in [6, 6.07) is 0.680. The van der Waals surface area contributed by atoms with E-state index in [0.717, 1.165) is 6.42 Å². The molecule has 0 aromatic rings. The third-order valence-electron chi connectivity index (χ3n) is 2.81. The average Bonchev–Trinajstić information content (AvgIpc) is 3.05. The van der Waals surface area contributed by atoms with Crippen LogP contribution in [-0.2, 0) is 19.0 Å². The van der Waals surface area contributed by atoms with Crippen molar-refractivity contribution >= 4 is 5.97 Å². The Hall–Kier alpha value is -0.910. The summed E-state index contributed by atoms with van der Waals surface area (Å²) in [7, 11) is 1.58. The van der Waals surface area contributed by atoms with Crippen LogP contribution in [0.5, 0.6) is 0 Å². The minimum absolute atomic E-state index is 0.0851. The second kappa shape index (κ2) is 4.95. The molecule has 0 spiro atoms. The summed E-state index contributed by atoms with van der Waals surface area (Å²) < 4.78 is 15.3. The Labute approximate surface area is 94.7 Å². The first kappa shape index (κ1) is 11.6. The van der Waals surface area contributed by atoms with E-state index in [1.54, 1.807) is 14.0 Å². The molecule has 5 nitrogen and oxygen atoms in total. The summed E-state index contributed by atoms with van der Waals surface area (Å²) in [6.07, 6.45) is 2.49. The van der Waals surface area contributed by atoms with Crippen molar-refractivity contribution in [3.8, 4) is 0 Å². The number of ether oxygens (including phenoxy) is 3. The summed E-state index contributed by atoms with van der Waals surface area (Å²) in [6.45, 7) is 2.45. The lowest BCUT2D eigenvalue weighted by Gasteiger charge is -2.18. The number of fused-ring (bicyclic) bond motifs is 1. The van der Waals surface area contributed by atoms with E-state index in [0.29, 0.717) is 24.3 Å². The predicted molar refractivity (Wildman–Crippen MR) is 56.8 cm³/mol. The van der Waals surface area contributed by atoms with Crippen molar-refractivity contribution in [2.24, 2.45) is 0 Å². The van der Waals surface area contributed by atoms with Crippen LogP contribution < -0.4 is 5.32 Å². The molecule has 1 N–H and O–H groups in total. The Balaban J connectivity index is 1.97. The number of esters is 1. The third kappa shape index (κ3) is 2.42. The highest BCUT2D eigenvalue weighted by atomic mass is 16.7. The number of rotatable bonds is 5. The van der Waals surface area contributed by atoms with Gasteiger partial charge in [0.25, 0.3) is 0 Å². The zero-order valence-electron chi connectivity index (χ0n) is 9.56. The van der Waals surface area contributed by atoms with Crippen LogP contribution in [0.1, 0.15) is 13.3 Å². The average molecular weight is 227 g/mol. The van der Waals surface area contributed by atoms with Gasteiger partial charge < -0.3 is 19.5 Å². The summed E-state index contributed by atoms with van der Waals surface area (Å²) in [4.78, 5) is 11.6. The molecule has 0 aromatic carbocycles. The van der Waals surface area contributed by atoms with Crippen LogP contribution in [0.25, 0.3) is 0 Å². The quantitative estimate of drug-likeness (QED) is 0.413. The second-order valence-corrected chi connectivity index (χ2v) is 3.95. The number of methoxy groups -OCH3 is 1. The smallest absolute Gasteiger partial charge is 0.333 e. The highest BCUT2D eigenvalue weighted by molar-refractivity contribution is 5.89. The Morgan fingerprint density at radius 2 is 2.44 bits per heavy atom. The van der Waals surface area contributed by atoms with Gasteiger partial charge in [0.1, 0.15) is 6.79 Å². The molecule has 0 radical (unpaired) electrons. The summed E-state index contributed by atoms with van der Waals surface area (Å²) in [5.74, 6) is -0.235. The van der Waals surface area contributed by atoms with Crippen LogP contribution in [0.3, 0.4) is 0 Å². The van der Waals surface area contributed by atoms with E-state index >= 15 is 0 Å². The molecule has 0 unspecified atom stereocenters. The van der Waals surface area contributed by atoms with Crippen molar-refractivity contribution in [2.75, 3.05) is 20.5 Å². The van der Waals surface area contributed by atoms with Gasteiger partial charge in [-0.25, -0.2) is 4.79 Å². The lowest BCUT2D eigenvalue weighted by molar-refractivity contribution is -0.139. The van der Waals surface area contributed by atoms with Gasteiger partial charge in [-0.1, -0.05) is 0 Å². The van der Waals surface area contributed by atoms with Crippen molar-refractivity contribution in [3.63, 3.8) is 0 Å². The Bertz CT molecular complexity index is 302. The highest BCUT2D eigenvalue weighted by Crippen LogP contribution is 2.31. The minimum Gasteiger partial charge on any atom is -0.463 e. The Morgan fingerprint density at radius 3 is 3.12 bits per heavy atom. The van der Waals surface area contributed by atoms with E-state index in [4.69, 9.17) is 14.2 Å². The van der Waals surface area contributed by atoms with Crippen molar-refractivity contribution in [1.82, 2.24) is 5.32 Å². The fraction of sp³-hybridized carbons (Fsp3) is 0.727. The lowest BCUT2D eigenvalue weighted by atomic mass is 9.97. The molecule has 1 fully saturated rings. The molecule has 5 heteroatoms. The Kier molecular flexibility index (Phi) is 3.58. The third-order valence-corrected chi connectivity index (χ3v) is 2.81. The SMILES string of the molecule is CCOC(=O)C1=C[C@@H](OCOC)[C@@H]2N[C@@H]2C1. The first-order valence-electron chi connectivity index (χ1n) is 5.50. The number of carbonyl (C=O) groups excluding carboxylic acids is 1. The molecule has 3 atom stereocenters. The number of hydrogen-bond acceptors (Lipinski definition) is 5. The van der Waals surface area contributed by atoms with E-state index < -0.39 is 0 Å². The predicted octanol–water partition coefficient (Wildman–Crippen LogP) is 0.209. The van der Waals surface area contributed by atoms with Crippen LogP contribution in [0.2, 0.25) is 0 Å². The van der Waals surface area contributed by atoms with Crippen molar-refractivity contribution in [2.45, 2.75) is 31.5 Å². The van der Waals surface area contributed by atoms with E-state index in [1.165, 1.54) is 0 Å². The molecule has 1 heterocycles. The molecule has 0 aromatic heterocycles. The highest BCUT2D eigenvalue weighted by Gasteiger charge is 2.46. The van der Waals surface area contributed by atoms with Gasteiger partial charge in [-0.2, -0.15) is 0 Å². The van der Waals surface area contributed by atoms with E-state index in [-0.39, 0.29) is 18.9 Å². The van der Waals surface area contributed by atoms with Crippen LogP contribution in [-0.4, -0.2) is 44.7 Å². The minimum atomic E-state index is -0.235. The maximum absolute atomic E-state index is 11.6. The van der Waals surface area contributed by atoms with Gasteiger partial charge >= 0.3 is 5.97 Å². The molecule has 0 amide bonds. The zero-order valence-corrected chi connectivity index (χ0v) is 9.56. The van der Waals surface area contributed by atoms with E-state index in [9.17, 15) is 4.79 Å². The summed E-state index contributed by atoms with van der Waals surface area (Å²) >= 11 is 0. The molecular weight excluding hydrogens is 210 g/mol. The molecule has 90 valence electrons. The molecule has 2 aliphatic rings. The zero-order chi connectivity index (χ0) is 11.5. The first-order chi connectivity index (χ1) is 7.76. The van der Waals surface area contributed by atoms with Gasteiger partial charge in [-0.05, 0) is 19.4 Å². The van der Waals surface area contributed by atoms with Crippen LogP contribution >= 0.6 is 0 Å². The number of nitrogens with one attached hydrogen (secondary N) is 1. The summed E-state index contributed by atoms with van der Waals surface area (Å²) in [5.41, 5.74) is 0.703. The van der Waals surface area contributed by atoms with Gasteiger partial charge in [0.05, 0.1) is 18.8 Å². The van der Waals surface area contributed by atoms with Crippen LogP contribution in [0, 0.1) is 0 Å². The molecular formula is C11H17NO4. The topological polar surface area (TPSA) is 66.7 Å². The van der Waals surface area contributed by atoms with E-state index in [1.807, 2.05) is 6.08 Å². The van der Waals surface area contributed by atoms with Crippen LogP contribution in [0.4, 0.5) is 0 Å². The monoisotopic (exact) mass is 227 g/mol. The second-order valence-electron chi connectivity index (χ2n) is 3.95. The molecule has 1 aliphatic carbocycles. The number of carbonyl (C=O) groups is 1. The molecule has 1 aliphatic heterocycles. The molecule has 2 rings (SSSR count). The lowest BCUT2D eigenvalue weighted by Crippen LogP contribution is -2.27. The molecule has 0 bridgehead atoms. The van der Waals surface area contributed by atoms with Gasteiger partial charge in [-0.3, -0.25) is 0 Å². The van der Waals surface area contributed by atoms with E-state index in [2.05, 4.69) is 5.32 Å². The van der Waals surface area contributed by atoms with Crippen LogP contribution in [0.15, 0.2) is 11.6 Å². The number of hydrogen-bond donors (Lipinski definition) is 1. The van der Waals surface area contributed by atoms with Crippen molar-refractivity contribution < 1.29 is 19.0 Å². The normalized spacial score (nSPS) is 31.6. The fourth-order valence-electron chi connectivity index (χ4n) is 1.98. The Morgan fingerprint density at radius 1 is 1.62 bits per heavy atom. The standard InChI is InChI=1S/C11H17NO4/c1-3-15-11(13)7-4-8-10(12-8)9(5-7)16-6-14-2/h5,8-10,12H,3-4,6H2,1-2H3/t8-,9-,10-/m1/s1. The van der Waals surface area contributed by atoms with Crippen molar-refractivity contribution in [1.29, 1.82) is 0 Å². The van der Waals surface area contributed by atoms with Crippen molar-refractivity contribution in [3.05, 3.63) is 11.6 Å². The first-order valence-corrected chi connectivity index (χ1v) is 5.50. The van der Waals surface area contributed by atoms with Gasteiger partial charge in [0.2, 0.25) is 0 Å². The molecule has 1 saturated heterocycles. The van der Waals surface area contributed by atoms with Gasteiger partial charge in [0.15, 0.2) is 0 Å². The van der Waals surface area contributed by atoms with Gasteiger partial charge in [-0.15, -0.1) is 0 Å². The molecule has 0 saturated carbocycles. The maximum Gasteiger partial charge on any atom is 0.333 e. The van der Waals surface area contributed by atoms with Gasteiger partial charge in [0, 0.05) is 18.7 Å². The largest absolute Gasteiger partial charge is 0.463 e. The summed E-state index contributed by atoms with van der Waals surface area (Å²) in [5, 5.41) is 3.28. The maximum atomic E-state index is 11.6.